The van der Waals surface area contributed by atoms with Crippen LogP contribution in [0.5, 0.6) is 0 Å². The summed E-state index contributed by atoms with van der Waals surface area (Å²) in [6.07, 6.45) is 0.891. The van der Waals surface area contributed by atoms with Crippen molar-refractivity contribution in [2.24, 2.45) is 5.92 Å². The summed E-state index contributed by atoms with van der Waals surface area (Å²) in [7, 11) is 2.04. The Morgan fingerprint density at radius 1 is 1.20 bits per heavy atom. The number of nitrogens with zero attached hydrogens (tertiary/aromatic N) is 2. The Bertz CT molecular complexity index is 545. The third-order valence-electron chi connectivity index (χ3n) is 5.67. The van der Waals surface area contributed by atoms with E-state index in [0.717, 1.165) is 26.2 Å². The lowest BCUT2D eigenvalue weighted by molar-refractivity contribution is -0.130. The van der Waals surface area contributed by atoms with Gasteiger partial charge in [0.2, 0.25) is 0 Å². The van der Waals surface area contributed by atoms with E-state index in [4.69, 9.17) is 4.74 Å². The second kappa shape index (κ2) is 8.60. The molecule has 1 aromatic carbocycles. The lowest BCUT2D eigenvalue weighted by Gasteiger charge is -2.40. The molecule has 2 aliphatic heterocycles. The van der Waals surface area contributed by atoms with Crippen molar-refractivity contribution in [1.82, 2.24) is 9.80 Å². The zero-order chi connectivity index (χ0) is 17.8. The number of rotatable bonds is 5. The molecule has 0 unspecified atom stereocenters. The molecular formula is C20H32N2O3. The first-order valence-electron chi connectivity index (χ1n) is 9.45. The molecule has 0 spiro atoms. The Morgan fingerprint density at radius 2 is 1.96 bits per heavy atom. The summed E-state index contributed by atoms with van der Waals surface area (Å²) < 4.78 is 5.41. The third kappa shape index (κ3) is 5.02. The second-order valence-electron chi connectivity index (χ2n) is 7.81. The van der Waals surface area contributed by atoms with Gasteiger partial charge in [-0.25, -0.2) is 0 Å². The summed E-state index contributed by atoms with van der Waals surface area (Å²) in [6.45, 7) is 7.12. The van der Waals surface area contributed by atoms with Gasteiger partial charge in [-0.1, -0.05) is 29.8 Å². The monoisotopic (exact) mass is 348 g/mol. The van der Waals surface area contributed by atoms with Crippen LogP contribution in [0.1, 0.15) is 24.0 Å². The van der Waals surface area contributed by atoms with Crippen molar-refractivity contribution in [3.05, 3.63) is 35.4 Å². The highest BCUT2D eigenvalue weighted by atomic mass is 16.5. The summed E-state index contributed by atoms with van der Waals surface area (Å²) in [6, 6.07) is 8.66. The van der Waals surface area contributed by atoms with Gasteiger partial charge in [0, 0.05) is 13.1 Å². The van der Waals surface area contributed by atoms with Gasteiger partial charge in [-0.05, 0) is 51.4 Å². The van der Waals surface area contributed by atoms with E-state index < -0.39 is 12.2 Å². The van der Waals surface area contributed by atoms with Gasteiger partial charge in [-0.3, -0.25) is 9.80 Å². The minimum atomic E-state index is -0.766. The number of aliphatic hydroxyl groups is 2. The first-order chi connectivity index (χ1) is 12.0. The van der Waals surface area contributed by atoms with E-state index in [0.29, 0.717) is 12.5 Å². The van der Waals surface area contributed by atoms with E-state index in [1.54, 1.807) is 0 Å². The fraction of sp³-hybridized carbons (Fsp3) is 0.700. The molecule has 2 fully saturated rings. The zero-order valence-corrected chi connectivity index (χ0v) is 15.5. The summed E-state index contributed by atoms with van der Waals surface area (Å²) >= 11 is 0. The largest absolute Gasteiger partial charge is 0.389 e. The predicted octanol–water partition coefficient (Wildman–Crippen LogP) is 1.26. The van der Waals surface area contributed by atoms with Crippen LogP contribution < -0.4 is 0 Å². The highest BCUT2D eigenvalue weighted by Gasteiger charge is 2.34. The molecule has 25 heavy (non-hydrogen) atoms. The van der Waals surface area contributed by atoms with E-state index in [9.17, 15) is 10.2 Å². The van der Waals surface area contributed by atoms with Crippen molar-refractivity contribution in [3.8, 4) is 0 Å². The Hall–Kier alpha value is -0.980. The quantitative estimate of drug-likeness (QED) is 0.839. The number of aryl methyl sites for hydroxylation is 1. The van der Waals surface area contributed by atoms with E-state index in [1.807, 2.05) is 7.05 Å². The number of hydrogen-bond donors (Lipinski definition) is 2. The molecule has 0 radical (unpaired) electrons. The summed E-state index contributed by atoms with van der Waals surface area (Å²) in [4.78, 5) is 4.71. The maximum absolute atomic E-state index is 10.2. The van der Waals surface area contributed by atoms with Crippen LogP contribution in [0, 0.1) is 12.8 Å². The van der Waals surface area contributed by atoms with E-state index in [-0.39, 0.29) is 12.6 Å². The smallest absolute Gasteiger partial charge is 0.105 e. The molecule has 0 amide bonds. The number of likely N-dealkylation sites (tertiary alicyclic amines) is 1. The molecule has 5 nitrogen and oxygen atoms in total. The number of piperidine rings is 1. The molecule has 1 aromatic rings. The Morgan fingerprint density at radius 3 is 2.68 bits per heavy atom. The topological polar surface area (TPSA) is 56.2 Å². The van der Waals surface area contributed by atoms with Crippen LogP contribution in [-0.4, -0.2) is 78.2 Å². The Labute approximate surface area is 151 Å². The fourth-order valence-electron chi connectivity index (χ4n) is 4.09. The molecule has 0 bridgehead atoms. The average Bonchev–Trinajstić information content (AvgIpc) is 2.59. The average molecular weight is 348 g/mol. The second-order valence-corrected chi connectivity index (χ2v) is 7.81. The van der Waals surface area contributed by atoms with Crippen LogP contribution in [0.25, 0.3) is 0 Å². The number of hydrogen-bond acceptors (Lipinski definition) is 5. The minimum absolute atomic E-state index is 0.103. The molecule has 3 atom stereocenters. The van der Waals surface area contributed by atoms with E-state index >= 15 is 0 Å². The summed E-state index contributed by atoms with van der Waals surface area (Å²) in [5, 5.41) is 20.0. The molecule has 0 aliphatic carbocycles. The maximum Gasteiger partial charge on any atom is 0.105 e. The van der Waals surface area contributed by atoms with Crippen molar-refractivity contribution in [2.75, 3.05) is 39.9 Å². The van der Waals surface area contributed by atoms with E-state index in [1.165, 1.54) is 24.0 Å². The highest BCUT2D eigenvalue weighted by Crippen LogP contribution is 2.22. The van der Waals surface area contributed by atoms with Gasteiger partial charge >= 0.3 is 0 Å². The highest BCUT2D eigenvalue weighted by molar-refractivity contribution is 5.22. The van der Waals surface area contributed by atoms with Crippen LogP contribution >= 0.6 is 0 Å². The Kier molecular flexibility index (Phi) is 6.47. The van der Waals surface area contributed by atoms with E-state index in [2.05, 4.69) is 41.0 Å². The van der Waals surface area contributed by atoms with Crippen LogP contribution in [0.15, 0.2) is 24.3 Å². The van der Waals surface area contributed by atoms with Gasteiger partial charge in [0.15, 0.2) is 0 Å². The van der Waals surface area contributed by atoms with Crippen LogP contribution in [0.2, 0.25) is 0 Å². The van der Waals surface area contributed by atoms with Gasteiger partial charge in [-0.15, -0.1) is 0 Å². The van der Waals surface area contributed by atoms with Crippen molar-refractivity contribution in [1.29, 1.82) is 0 Å². The lowest BCUT2D eigenvalue weighted by atomic mass is 9.94. The van der Waals surface area contributed by atoms with Crippen molar-refractivity contribution in [2.45, 2.75) is 44.6 Å². The SMILES string of the molecule is Cc1cccc(CN2CCC(CN(C)[C@@H]3COC[C@@H](O)[C@H]3O)CC2)c1. The van der Waals surface area contributed by atoms with Gasteiger partial charge in [-0.2, -0.15) is 0 Å². The molecule has 2 N–H and O–H groups in total. The Balaban J connectivity index is 1.44. The molecule has 0 saturated carbocycles. The third-order valence-corrected chi connectivity index (χ3v) is 5.67. The predicted molar refractivity (Wildman–Crippen MR) is 98.4 cm³/mol. The summed E-state index contributed by atoms with van der Waals surface area (Å²) in [5.74, 6) is 0.644. The molecule has 140 valence electrons. The first kappa shape index (κ1) is 18.8. The number of ether oxygens (including phenoxy) is 1. The van der Waals surface area contributed by atoms with Crippen molar-refractivity contribution >= 4 is 0 Å². The number of likely N-dealkylation sites (N-methyl/N-ethyl adjacent to an activating group) is 1. The first-order valence-corrected chi connectivity index (χ1v) is 9.45. The molecule has 2 aliphatic rings. The van der Waals surface area contributed by atoms with Gasteiger partial charge < -0.3 is 14.9 Å². The fourth-order valence-corrected chi connectivity index (χ4v) is 4.09. The van der Waals surface area contributed by atoms with Gasteiger partial charge in [0.1, 0.15) is 6.10 Å². The summed E-state index contributed by atoms with van der Waals surface area (Å²) in [5.41, 5.74) is 2.72. The lowest BCUT2D eigenvalue weighted by Crippen LogP contribution is -2.56. The molecule has 3 rings (SSSR count). The van der Waals surface area contributed by atoms with Gasteiger partial charge in [0.05, 0.1) is 25.4 Å². The van der Waals surface area contributed by atoms with Crippen LogP contribution in [0.4, 0.5) is 0 Å². The van der Waals surface area contributed by atoms with Crippen molar-refractivity contribution in [3.63, 3.8) is 0 Å². The molecule has 5 heteroatoms. The van der Waals surface area contributed by atoms with Crippen LogP contribution in [0.3, 0.4) is 0 Å². The number of aliphatic hydroxyl groups excluding tert-OH is 2. The van der Waals surface area contributed by atoms with Gasteiger partial charge in [0.25, 0.3) is 0 Å². The molecule has 2 heterocycles. The minimum Gasteiger partial charge on any atom is -0.389 e. The molecular weight excluding hydrogens is 316 g/mol. The molecule has 2 saturated heterocycles. The zero-order valence-electron chi connectivity index (χ0n) is 15.5. The molecule has 0 aromatic heterocycles. The van der Waals surface area contributed by atoms with Crippen LogP contribution in [-0.2, 0) is 11.3 Å². The normalized spacial score (nSPS) is 29.2. The maximum atomic E-state index is 10.2. The van der Waals surface area contributed by atoms with Crippen molar-refractivity contribution < 1.29 is 14.9 Å². The number of benzene rings is 1. The standard InChI is InChI=1S/C20H32N2O3/c1-15-4-3-5-17(10-15)12-22-8-6-16(7-9-22)11-21(2)18-13-25-14-19(23)20(18)24/h3-5,10,16,18-20,23-24H,6-9,11-14H2,1-2H3/t18-,19-,20+/m1/s1.